The summed E-state index contributed by atoms with van der Waals surface area (Å²) in [6.07, 6.45) is 18.0. The number of hydrogen-bond donors (Lipinski definition) is 0. The molecule has 298 valence electrons. The minimum Gasteiger partial charge on any atom is -0.497 e. The summed E-state index contributed by atoms with van der Waals surface area (Å²) in [6, 6.07) is 29.9. The first-order valence-electron chi connectivity index (χ1n) is 20.6. The van der Waals surface area contributed by atoms with Crippen LogP contribution in [0, 0.1) is 11.3 Å². The van der Waals surface area contributed by atoms with Gasteiger partial charge in [-0.15, -0.1) is 0 Å². The smallest absolute Gasteiger partial charge is 0.259 e. The van der Waals surface area contributed by atoms with Gasteiger partial charge in [0.1, 0.15) is 17.1 Å². The molecule has 0 aliphatic rings. The summed E-state index contributed by atoms with van der Waals surface area (Å²) < 4.78 is 32.5. The van der Waals surface area contributed by atoms with E-state index in [2.05, 4.69) is 93.0 Å². The number of rotatable bonds is 30. The van der Waals surface area contributed by atoms with E-state index in [4.69, 9.17) is 28.5 Å². The zero-order valence-electron chi connectivity index (χ0n) is 34.3. The van der Waals surface area contributed by atoms with Gasteiger partial charge in [-0.2, -0.15) is 5.26 Å². The van der Waals surface area contributed by atoms with Gasteiger partial charge in [-0.05, 0) is 81.5 Å². The molecule has 0 saturated carbocycles. The Morgan fingerprint density at radius 1 is 0.537 bits per heavy atom. The van der Waals surface area contributed by atoms with Crippen molar-refractivity contribution in [1.82, 2.24) is 4.67 Å². The van der Waals surface area contributed by atoms with Gasteiger partial charge in [0.05, 0.1) is 39.9 Å². The molecule has 0 fully saturated rings. The Balaban J connectivity index is 1.31. The van der Waals surface area contributed by atoms with E-state index >= 15 is 0 Å². The summed E-state index contributed by atoms with van der Waals surface area (Å²) in [5.74, 6) is 1.66. The Bertz CT molecular complexity index is 1360. The van der Waals surface area contributed by atoms with Crippen LogP contribution >= 0.6 is 8.53 Å². The Morgan fingerprint density at radius 2 is 0.926 bits per heavy atom. The van der Waals surface area contributed by atoms with Gasteiger partial charge in [-0.25, -0.2) is 4.67 Å². The molecule has 54 heavy (non-hydrogen) atoms. The van der Waals surface area contributed by atoms with Gasteiger partial charge >= 0.3 is 0 Å². The summed E-state index contributed by atoms with van der Waals surface area (Å²) >= 11 is 0. The number of benzene rings is 3. The third-order valence-corrected chi connectivity index (χ3v) is 12.0. The number of unbranched alkanes of at least 4 members (excludes halogenated alkanes) is 13. The van der Waals surface area contributed by atoms with E-state index in [9.17, 15) is 0 Å². The van der Waals surface area contributed by atoms with Gasteiger partial charge in [0.25, 0.3) is 8.53 Å². The van der Waals surface area contributed by atoms with Crippen molar-refractivity contribution < 1.29 is 23.3 Å². The number of nitrogens with zero attached hydrogens (tertiary/aromatic N) is 2. The third-order valence-electron chi connectivity index (χ3n) is 9.89. The molecule has 0 aliphatic carbocycles. The first-order chi connectivity index (χ1) is 26.4. The lowest BCUT2D eigenvalue weighted by Gasteiger charge is -2.36. The van der Waals surface area contributed by atoms with E-state index in [-0.39, 0.29) is 0 Å². The van der Waals surface area contributed by atoms with Gasteiger partial charge < -0.3 is 23.3 Å². The normalized spacial score (nSPS) is 12.4. The fraction of sp³-hybridized carbons (Fsp3) is 0.587. The summed E-state index contributed by atoms with van der Waals surface area (Å²) in [7, 11) is 2.28. The second-order valence-electron chi connectivity index (χ2n) is 14.7. The number of methoxy groups -OCH3 is 2. The van der Waals surface area contributed by atoms with Gasteiger partial charge in [0, 0.05) is 18.7 Å². The van der Waals surface area contributed by atoms with Gasteiger partial charge in [0.15, 0.2) is 0 Å². The van der Waals surface area contributed by atoms with E-state index in [1.54, 1.807) is 14.2 Å². The maximum atomic E-state index is 8.90. The molecule has 0 aromatic heterocycles. The zero-order valence-corrected chi connectivity index (χ0v) is 35.2. The molecule has 3 aromatic carbocycles. The quantitative estimate of drug-likeness (QED) is 0.0380. The molecule has 3 aromatic rings. The predicted molar refractivity (Wildman–Crippen MR) is 224 cm³/mol. The Labute approximate surface area is 329 Å². The highest BCUT2D eigenvalue weighted by atomic mass is 31.2. The molecule has 0 saturated heterocycles. The fourth-order valence-corrected chi connectivity index (χ4v) is 8.71. The van der Waals surface area contributed by atoms with E-state index < -0.39 is 14.1 Å². The monoisotopic (exact) mass is 760 g/mol. The largest absolute Gasteiger partial charge is 0.497 e. The summed E-state index contributed by atoms with van der Waals surface area (Å²) in [5, 5.41) is 8.90. The SMILES string of the molecule is COc1ccc(C(OCCCCCCCCCCCCCCCCOP(OCCC#N)N(C(C)C)C(C)C)(c2ccccc2)c2ccc(OC)cc2)cc1. The minimum atomic E-state index is -1.12. The maximum absolute atomic E-state index is 8.90. The average molecular weight is 761 g/mol. The fourth-order valence-electron chi connectivity index (χ4n) is 7.08. The molecular weight excluding hydrogens is 691 g/mol. The lowest BCUT2D eigenvalue weighted by Crippen LogP contribution is -2.33. The van der Waals surface area contributed by atoms with Crippen LogP contribution in [-0.2, 0) is 19.4 Å². The van der Waals surface area contributed by atoms with Crippen LogP contribution in [-0.4, -0.2) is 50.8 Å². The minimum absolute atomic E-state index is 0.342. The highest BCUT2D eigenvalue weighted by Crippen LogP contribution is 2.46. The molecule has 0 radical (unpaired) electrons. The van der Waals surface area contributed by atoms with Crippen LogP contribution in [0.2, 0.25) is 0 Å². The molecule has 3 rings (SSSR count). The van der Waals surface area contributed by atoms with Crippen LogP contribution in [0.5, 0.6) is 11.5 Å². The van der Waals surface area contributed by atoms with Gasteiger partial charge in [-0.3, -0.25) is 0 Å². The van der Waals surface area contributed by atoms with Gasteiger partial charge in [-0.1, -0.05) is 132 Å². The highest BCUT2D eigenvalue weighted by molar-refractivity contribution is 7.44. The van der Waals surface area contributed by atoms with E-state index in [1.165, 1.54) is 77.0 Å². The lowest BCUT2D eigenvalue weighted by atomic mass is 9.80. The summed E-state index contributed by atoms with van der Waals surface area (Å²) in [6.45, 7) is 10.5. The molecule has 1 unspecified atom stereocenters. The number of ether oxygens (including phenoxy) is 3. The molecule has 0 heterocycles. The van der Waals surface area contributed by atoms with Crippen LogP contribution in [0.1, 0.15) is 141 Å². The molecule has 0 N–H and O–H groups in total. The van der Waals surface area contributed by atoms with Crippen LogP contribution in [0.3, 0.4) is 0 Å². The van der Waals surface area contributed by atoms with Crippen LogP contribution in [0.4, 0.5) is 0 Å². The third kappa shape index (κ3) is 15.3. The van der Waals surface area contributed by atoms with Crippen LogP contribution in [0.15, 0.2) is 78.9 Å². The Morgan fingerprint density at radius 3 is 1.33 bits per heavy atom. The maximum Gasteiger partial charge on any atom is 0.259 e. The average Bonchev–Trinajstić information content (AvgIpc) is 3.19. The van der Waals surface area contributed by atoms with E-state index in [0.717, 1.165) is 47.6 Å². The molecule has 0 bridgehead atoms. The Hall–Kier alpha value is -2.98. The molecule has 0 amide bonds. The molecule has 0 aliphatic heterocycles. The molecule has 1 atom stereocenters. The highest BCUT2D eigenvalue weighted by Gasteiger charge is 2.37. The lowest BCUT2D eigenvalue weighted by molar-refractivity contribution is 0.0106. The first-order valence-corrected chi connectivity index (χ1v) is 21.7. The molecular formula is C46H69N2O5P. The van der Waals surface area contributed by atoms with Crippen LogP contribution < -0.4 is 9.47 Å². The number of hydrogen-bond acceptors (Lipinski definition) is 7. The topological polar surface area (TPSA) is 73.2 Å². The van der Waals surface area contributed by atoms with Crippen LogP contribution in [0.25, 0.3) is 0 Å². The van der Waals surface area contributed by atoms with Crippen molar-refractivity contribution in [1.29, 1.82) is 5.26 Å². The molecule has 7 nitrogen and oxygen atoms in total. The van der Waals surface area contributed by atoms with E-state index in [0.29, 0.717) is 31.7 Å². The van der Waals surface area contributed by atoms with Crippen molar-refractivity contribution in [2.45, 2.75) is 142 Å². The molecule has 0 spiro atoms. The second-order valence-corrected chi connectivity index (χ2v) is 16.1. The summed E-state index contributed by atoms with van der Waals surface area (Å²) in [4.78, 5) is 0. The first kappa shape index (κ1) is 45.4. The van der Waals surface area contributed by atoms with E-state index in [1.807, 2.05) is 24.3 Å². The van der Waals surface area contributed by atoms with Crippen molar-refractivity contribution >= 4 is 8.53 Å². The summed E-state index contributed by atoms with van der Waals surface area (Å²) in [5.41, 5.74) is 2.52. The predicted octanol–water partition coefficient (Wildman–Crippen LogP) is 12.8. The Kier molecular flexibility index (Phi) is 22.5. The van der Waals surface area contributed by atoms with Gasteiger partial charge in [0.2, 0.25) is 0 Å². The van der Waals surface area contributed by atoms with Crippen molar-refractivity contribution in [3.05, 3.63) is 95.6 Å². The number of nitriles is 1. The van der Waals surface area contributed by atoms with Crippen molar-refractivity contribution in [2.75, 3.05) is 34.0 Å². The van der Waals surface area contributed by atoms with Crippen molar-refractivity contribution in [3.63, 3.8) is 0 Å². The van der Waals surface area contributed by atoms with Crippen molar-refractivity contribution in [2.24, 2.45) is 0 Å². The zero-order chi connectivity index (χ0) is 38.9. The second kappa shape index (κ2) is 26.8. The van der Waals surface area contributed by atoms with Crippen molar-refractivity contribution in [3.8, 4) is 17.6 Å². The standard InChI is InChI=1S/C46H69N2O5P/c1-39(2)48(40(3)4)54(53-38-24-35-47)52-37-23-18-16-14-12-10-8-7-9-11-13-15-17-22-36-51-46(41-25-20-19-21-26-41,42-27-31-44(49-5)32-28-42)43-29-33-45(50-6)34-30-43/h19-21,25-34,39-40H,7-18,22-24,36-38H2,1-6H3. The molecule has 8 heteroatoms.